The number of nitrogens with zero attached hydrogens (tertiary/aromatic N) is 8. The number of pyridine rings is 2. The summed E-state index contributed by atoms with van der Waals surface area (Å²) in [5, 5.41) is 18.3. The van der Waals surface area contributed by atoms with Gasteiger partial charge in [0.05, 0.1) is 29.0 Å². The molecule has 214 valence electrons. The second-order valence-electron chi connectivity index (χ2n) is 10.0. The molecule has 0 bridgehead atoms. The van der Waals surface area contributed by atoms with Gasteiger partial charge in [-0.25, -0.2) is 9.50 Å². The van der Waals surface area contributed by atoms with Crippen LogP contribution in [0.2, 0.25) is 0 Å². The molecule has 4 aromatic heterocycles. The molecule has 0 atom stereocenters. The van der Waals surface area contributed by atoms with Gasteiger partial charge in [-0.3, -0.25) is 9.48 Å². The van der Waals surface area contributed by atoms with E-state index in [1.807, 2.05) is 37.6 Å². The van der Waals surface area contributed by atoms with E-state index in [9.17, 15) is 23.2 Å². The molecule has 0 saturated carbocycles. The minimum atomic E-state index is -4.47. The van der Waals surface area contributed by atoms with Crippen LogP contribution in [0, 0.1) is 23.2 Å². The van der Waals surface area contributed by atoms with E-state index in [1.54, 1.807) is 32.7 Å². The van der Waals surface area contributed by atoms with E-state index in [4.69, 9.17) is 0 Å². The number of alkyl halides is 3. The number of fused-ring (bicyclic) bond motifs is 1. The highest BCUT2D eigenvalue weighted by molar-refractivity contribution is 5.94. The van der Waals surface area contributed by atoms with E-state index in [2.05, 4.69) is 38.0 Å². The molecule has 1 aromatic carbocycles. The minimum absolute atomic E-state index is 0.132. The molecular formula is C31H23F3N8O. The third-order valence-corrected chi connectivity index (χ3v) is 7.22. The quantitative estimate of drug-likeness (QED) is 0.294. The van der Waals surface area contributed by atoms with Gasteiger partial charge in [0.2, 0.25) is 0 Å². The van der Waals surface area contributed by atoms with Gasteiger partial charge >= 0.3 is 6.18 Å². The molecule has 5 aromatic rings. The van der Waals surface area contributed by atoms with Crippen molar-refractivity contribution >= 4 is 17.2 Å². The fourth-order valence-corrected chi connectivity index (χ4v) is 5.00. The summed E-state index contributed by atoms with van der Waals surface area (Å²) in [6.45, 7) is 1.83. The minimum Gasteiger partial charge on any atom is -0.353 e. The zero-order valence-electron chi connectivity index (χ0n) is 22.9. The molecule has 6 rings (SSSR count). The molecule has 43 heavy (non-hydrogen) atoms. The van der Waals surface area contributed by atoms with E-state index < -0.39 is 17.6 Å². The van der Waals surface area contributed by atoms with Crippen molar-refractivity contribution in [1.29, 1.82) is 5.26 Å². The number of nitriles is 1. The molecule has 0 spiro atoms. The van der Waals surface area contributed by atoms with Gasteiger partial charge in [0.1, 0.15) is 11.9 Å². The van der Waals surface area contributed by atoms with Crippen LogP contribution in [-0.2, 0) is 18.0 Å². The van der Waals surface area contributed by atoms with Crippen molar-refractivity contribution in [3.63, 3.8) is 0 Å². The summed E-state index contributed by atoms with van der Waals surface area (Å²) in [4.78, 5) is 20.9. The Labute approximate surface area is 244 Å². The first-order valence-corrected chi connectivity index (χ1v) is 13.3. The largest absolute Gasteiger partial charge is 0.416 e. The zero-order chi connectivity index (χ0) is 30.1. The topological polar surface area (TPSA) is 95.3 Å². The predicted molar refractivity (Wildman–Crippen MR) is 152 cm³/mol. The van der Waals surface area contributed by atoms with Crippen molar-refractivity contribution in [2.24, 2.45) is 7.05 Å². The number of rotatable bonds is 3. The fourth-order valence-electron chi connectivity index (χ4n) is 5.00. The van der Waals surface area contributed by atoms with Crippen LogP contribution in [0.15, 0.2) is 73.4 Å². The van der Waals surface area contributed by atoms with E-state index in [-0.39, 0.29) is 5.56 Å². The lowest BCUT2D eigenvalue weighted by Crippen LogP contribution is -2.48. The Kier molecular flexibility index (Phi) is 7.04. The summed E-state index contributed by atoms with van der Waals surface area (Å²) in [5.74, 6) is 5.32. The van der Waals surface area contributed by atoms with Crippen LogP contribution in [0.3, 0.4) is 0 Å². The van der Waals surface area contributed by atoms with Gasteiger partial charge < -0.3 is 9.80 Å². The summed E-state index contributed by atoms with van der Waals surface area (Å²) in [7, 11) is 1.84. The SMILES string of the molecule is Cn1cc(-c2cc(-c3ccc(N4CCN(C(=O)C#Cc5cccc(C(F)(F)F)c5)CC4)nc3)c3c(C#N)cnn3c2)cn1. The number of anilines is 1. The summed E-state index contributed by atoms with van der Waals surface area (Å²) >= 11 is 0. The van der Waals surface area contributed by atoms with Gasteiger partial charge in [0, 0.05) is 85.6 Å². The maximum Gasteiger partial charge on any atom is 0.416 e. The number of carbonyl (C=O) groups excluding carboxylic acids is 1. The highest BCUT2D eigenvalue weighted by Gasteiger charge is 2.30. The van der Waals surface area contributed by atoms with Crippen LogP contribution >= 0.6 is 0 Å². The summed E-state index contributed by atoms with van der Waals surface area (Å²) in [6, 6.07) is 12.7. The van der Waals surface area contributed by atoms with Crippen LogP contribution in [0.25, 0.3) is 27.8 Å². The fraction of sp³-hybridized carbons (Fsp3) is 0.194. The average molecular weight is 581 g/mol. The Balaban J connectivity index is 1.17. The zero-order valence-corrected chi connectivity index (χ0v) is 22.9. The first-order valence-electron chi connectivity index (χ1n) is 13.3. The van der Waals surface area contributed by atoms with E-state index in [0.29, 0.717) is 37.3 Å². The lowest BCUT2D eigenvalue weighted by molar-refractivity contribution is -0.137. The molecule has 0 radical (unpaired) electrons. The standard InChI is InChI=1S/C31H23F3N8O/c1-39-19-25(18-37-39)23-14-27(30-24(15-35)17-38-42(30)20-23)22-6-7-28(36-16-22)40-9-11-41(12-10-40)29(43)8-5-21-3-2-4-26(13-21)31(32,33)34/h2-4,6-7,13-14,16-20H,9-12H2,1H3. The van der Waals surface area contributed by atoms with E-state index in [1.165, 1.54) is 12.1 Å². The van der Waals surface area contributed by atoms with Gasteiger partial charge in [-0.2, -0.15) is 28.6 Å². The van der Waals surface area contributed by atoms with Crippen molar-refractivity contribution in [3.8, 4) is 40.2 Å². The lowest BCUT2D eigenvalue weighted by Gasteiger charge is -2.34. The number of benzene rings is 1. The van der Waals surface area contributed by atoms with Gasteiger partial charge in [0.15, 0.2) is 0 Å². The molecule has 0 N–H and O–H groups in total. The predicted octanol–water partition coefficient (Wildman–Crippen LogP) is 4.39. The Hall–Kier alpha value is -5.62. The molecule has 9 nitrogen and oxygen atoms in total. The third-order valence-electron chi connectivity index (χ3n) is 7.22. The summed E-state index contributed by atoms with van der Waals surface area (Å²) < 4.78 is 42.3. The average Bonchev–Trinajstić information content (AvgIpc) is 3.65. The first-order chi connectivity index (χ1) is 20.7. The van der Waals surface area contributed by atoms with Crippen molar-refractivity contribution in [3.05, 3.63) is 90.1 Å². The van der Waals surface area contributed by atoms with Crippen molar-refractivity contribution in [2.75, 3.05) is 31.1 Å². The monoisotopic (exact) mass is 580 g/mol. The Morgan fingerprint density at radius 1 is 0.930 bits per heavy atom. The molecule has 1 fully saturated rings. The first kappa shape index (κ1) is 27.5. The number of aromatic nitrogens is 5. The smallest absolute Gasteiger partial charge is 0.353 e. The second kappa shape index (κ2) is 11.0. The van der Waals surface area contributed by atoms with Gasteiger partial charge in [0.25, 0.3) is 5.91 Å². The molecule has 0 unspecified atom stereocenters. The van der Waals surface area contributed by atoms with Crippen molar-refractivity contribution in [2.45, 2.75) is 6.18 Å². The number of halogens is 3. The van der Waals surface area contributed by atoms with Gasteiger partial charge in [-0.15, -0.1) is 0 Å². The molecule has 1 amide bonds. The summed E-state index contributed by atoms with van der Waals surface area (Å²) in [6.07, 6.45) is 4.36. The Morgan fingerprint density at radius 2 is 1.74 bits per heavy atom. The maximum atomic E-state index is 13.0. The third kappa shape index (κ3) is 5.63. The number of aryl methyl sites for hydroxylation is 1. The number of hydrogen-bond acceptors (Lipinski definition) is 6. The molecule has 12 heteroatoms. The second-order valence-corrected chi connectivity index (χ2v) is 10.0. The van der Waals surface area contributed by atoms with Crippen molar-refractivity contribution in [1.82, 2.24) is 29.3 Å². The van der Waals surface area contributed by atoms with Crippen molar-refractivity contribution < 1.29 is 18.0 Å². The van der Waals surface area contributed by atoms with Crippen LogP contribution < -0.4 is 4.90 Å². The highest BCUT2D eigenvalue weighted by Crippen LogP contribution is 2.32. The normalized spacial score (nSPS) is 13.5. The summed E-state index contributed by atoms with van der Waals surface area (Å²) in [5.41, 5.74) is 3.89. The number of hydrogen-bond donors (Lipinski definition) is 0. The van der Waals surface area contributed by atoms with Gasteiger partial charge in [-0.05, 0) is 36.4 Å². The highest BCUT2D eigenvalue weighted by atomic mass is 19.4. The number of carbonyl (C=O) groups is 1. The Bertz CT molecular complexity index is 1930. The number of amides is 1. The molecular weight excluding hydrogens is 557 g/mol. The molecule has 1 saturated heterocycles. The van der Waals surface area contributed by atoms with E-state index in [0.717, 1.165) is 40.2 Å². The molecule has 1 aliphatic rings. The van der Waals surface area contributed by atoms with Crippen LogP contribution in [0.4, 0.5) is 19.0 Å². The van der Waals surface area contributed by atoms with Crippen LogP contribution in [0.5, 0.6) is 0 Å². The van der Waals surface area contributed by atoms with E-state index >= 15 is 0 Å². The molecule has 0 aliphatic carbocycles. The van der Waals surface area contributed by atoms with Crippen LogP contribution in [0.1, 0.15) is 16.7 Å². The molecule has 5 heterocycles. The number of piperazine rings is 1. The lowest BCUT2D eigenvalue weighted by atomic mass is 10.0. The Morgan fingerprint density at radius 3 is 2.42 bits per heavy atom. The molecule has 1 aliphatic heterocycles. The van der Waals surface area contributed by atoms with Crippen LogP contribution in [-0.4, -0.2) is 61.4 Å². The van der Waals surface area contributed by atoms with Gasteiger partial charge in [-0.1, -0.05) is 12.0 Å². The maximum absolute atomic E-state index is 13.0.